The molecule has 0 unspecified atom stereocenters. The fraction of sp³-hybridized carbons (Fsp3) is 0.500. The molecule has 1 aromatic carbocycles. The summed E-state index contributed by atoms with van der Waals surface area (Å²) in [6.07, 6.45) is 0. The Balaban J connectivity index is 1.83. The summed E-state index contributed by atoms with van der Waals surface area (Å²) in [4.78, 5) is 4.49. The standard InChI is InChI=1S/C14H20ClN3OS/c1-19-11-6-16-14(20)18-9-7-17(8-10-18)13-5-3-2-4-12(13)15/h2-5H,6-11H2,1H3,(H,16,20). The van der Waals surface area contributed by atoms with E-state index in [0.29, 0.717) is 6.61 Å². The number of hydrogen-bond acceptors (Lipinski definition) is 3. The minimum absolute atomic E-state index is 0.666. The summed E-state index contributed by atoms with van der Waals surface area (Å²) < 4.78 is 5.00. The Morgan fingerprint density at radius 3 is 2.65 bits per heavy atom. The van der Waals surface area contributed by atoms with E-state index in [-0.39, 0.29) is 0 Å². The fourth-order valence-corrected chi connectivity index (χ4v) is 2.77. The number of halogens is 1. The normalized spacial score (nSPS) is 15.3. The molecule has 0 bridgehead atoms. The van der Waals surface area contributed by atoms with Crippen molar-refractivity contribution in [3.05, 3.63) is 29.3 Å². The Labute approximate surface area is 130 Å². The van der Waals surface area contributed by atoms with Crippen LogP contribution in [0.5, 0.6) is 0 Å². The molecule has 0 saturated carbocycles. The number of para-hydroxylation sites is 1. The summed E-state index contributed by atoms with van der Waals surface area (Å²) in [6.45, 7) is 5.08. The van der Waals surface area contributed by atoms with Gasteiger partial charge in [-0.25, -0.2) is 0 Å². The summed E-state index contributed by atoms with van der Waals surface area (Å²) in [5, 5.41) is 4.82. The van der Waals surface area contributed by atoms with Gasteiger partial charge in [-0.05, 0) is 24.4 Å². The maximum atomic E-state index is 6.23. The van der Waals surface area contributed by atoms with Crippen molar-refractivity contribution in [1.29, 1.82) is 0 Å². The molecular weight excluding hydrogens is 294 g/mol. The molecule has 0 spiro atoms. The highest BCUT2D eigenvalue weighted by atomic mass is 35.5. The first-order valence-electron chi connectivity index (χ1n) is 6.73. The lowest BCUT2D eigenvalue weighted by molar-refractivity contribution is 0.202. The number of piperazine rings is 1. The van der Waals surface area contributed by atoms with Crippen LogP contribution in [0.3, 0.4) is 0 Å². The summed E-state index contributed by atoms with van der Waals surface area (Å²) in [5.41, 5.74) is 1.10. The van der Waals surface area contributed by atoms with Crippen LogP contribution < -0.4 is 10.2 Å². The monoisotopic (exact) mass is 313 g/mol. The summed E-state index contributed by atoms with van der Waals surface area (Å²) in [5.74, 6) is 0. The molecule has 4 nitrogen and oxygen atoms in total. The summed E-state index contributed by atoms with van der Waals surface area (Å²) in [7, 11) is 1.69. The topological polar surface area (TPSA) is 27.7 Å². The Hall–Kier alpha value is -1.04. The number of nitrogens with one attached hydrogen (secondary N) is 1. The highest BCUT2D eigenvalue weighted by molar-refractivity contribution is 7.80. The summed E-state index contributed by atoms with van der Waals surface area (Å²) in [6, 6.07) is 7.97. The average molecular weight is 314 g/mol. The zero-order chi connectivity index (χ0) is 14.4. The van der Waals surface area contributed by atoms with E-state index in [1.807, 2.05) is 18.2 Å². The quantitative estimate of drug-likeness (QED) is 0.678. The van der Waals surface area contributed by atoms with Crippen molar-refractivity contribution in [2.24, 2.45) is 0 Å². The lowest BCUT2D eigenvalue weighted by atomic mass is 10.2. The second kappa shape index (κ2) is 7.67. The van der Waals surface area contributed by atoms with Crippen molar-refractivity contribution in [1.82, 2.24) is 10.2 Å². The van der Waals surface area contributed by atoms with E-state index >= 15 is 0 Å². The average Bonchev–Trinajstić information content (AvgIpc) is 2.48. The van der Waals surface area contributed by atoms with Crippen molar-refractivity contribution in [3.8, 4) is 0 Å². The maximum absolute atomic E-state index is 6.23. The highest BCUT2D eigenvalue weighted by Crippen LogP contribution is 2.25. The molecular formula is C14H20ClN3OS. The molecule has 0 atom stereocenters. The minimum Gasteiger partial charge on any atom is -0.383 e. The number of thiocarbonyl (C=S) groups is 1. The van der Waals surface area contributed by atoms with E-state index < -0.39 is 0 Å². The van der Waals surface area contributed by atoms with Crippen molar-refractivity contribution in [3.63, 3.8) is 0 Å². The molecule has 1 aliphatic rings. The number of ether oxygens (including phenoxy) is 1. The van der Waals surface area contributed by atoms with Gasteiger partial charge in [-0.2, -0.15) is 0 Å². The minimum atomic E-state index is 0.666. The number of methoxy groups -OCH3 is 1. The fourth-order valence-electron chi connectivity index (χ4n) is 2.23. The predicted molar refractivity (Wildman–Crippen MR) is 87.7 cm³/mol. The van der Waals surface area contributed by atoms with Gasteiger partial charge in [0, 0.05) is 39.8 Å². The summed E-state index contributed by atoms with van der Waals surface area (Å²) >= 11 is 11.6. The Morgan fingerprint density at radius 1 is 1.30 bits per heavy atom. The van der Waals surface area contributed by atoms with Crippen LogP contribution in [0.25, 0.3) is 0 Å². The second-order valence-corrected chi connectivity index (χ2v) is 5.44. The van der Waals surface area contributed by atoms with Gasteiger partial charge >= 0.3 is 0 Å². The van der Waals surface area contributed by atoms with E-state index in [1.54, 1.807) is 7.11 Å². The maximum Gasteiger partial charge on any atom is 0.169 e. The zero-order valence-electron chi connectivity index (χ0n) is 11.6. The predicted octanol–water partition coefficient (Wildman–Crippen LogP) is 1.98. The van der Waals surface area contributed by atoms with Crippen LogP contribution in [0.4, 0.5) is 5.69 Å². The van der Waals surface area contributed by atoms with Gasteiger partial charge in [0.15, 0.2) is 5.11 Å². The number of anilines is 1. The van der Waals surface area contributed by atoms with E-state index in [2.05, 4.69) is 21.2 Å². The van der Waals surface area contributed by atoms with Gasteiger partial charge in [0.2, 0.25) is 0 Å². The lowest BCUT2D eigenvalue weighted by Crippen LogP contribution is -2.52. The highest BCUT2D eigenvalue weighted by Gasteiger charge is 2.20. The third kappa shape index (κ3) is 3.98. The van der Waals surface area contributed by atoms with Gasteiger partial charge in [0.05, 0.1) is 17.3 Å². The molecule has 0 amide bonds. The van der Waals surface area contributed by atoms with Gasteiger partial charge in [-0.15, -0.1) is 0 Å². The molecule has 0 aliphatic carbocycles. The Bertz CT molecular complexity index is 450. The number of hydrogen-bond donors (Lipinski definition) is 1. The van der Waals surface area contributed by atoms with E-state index in [4.69, 9.17) is 28.6 Å². The molecule has 0 aromatic heterocycles. The van der Waals surface area contributed by atoms with E-state index in [1.165, 1.54) is 0 Å². The molecule has 1 saturated heterocycles. The van der Waals surface area contributed by atoms with Crippen LogP contribution in [-0.4, -0.2) is 56.5 Å². The molecule has 1 fully saturated rings. The van der Waals surface area contributed by atoms with Crippen LogP contribution in [-0.2, 0) is 4.74 Å². The van der Waals surface area contributed by atoms with E-state index in [9.17, 15) is 0 Å². The van der Waals surface area contributed by atoms with Crippen LogP contribution >= 0.6 is 23.8 Å². The van der Waals surface area contributed by atoms with Gasteiger partial charge < -0.3 is 19.9 Å². The van der Waals surface area contributed by atoms with Crippen molar-refractivity contribution < 1.29 is 4.74 Å². The van der Waals surface area contributed by atoms with Crippen LogP contribution in [0.1, 0.15) is 0 Å². The van der Waals surface area contributed by atoms with E-state index in [0.717, 1.165) is 48.5 Å². The molecule has 1 heterocycles. The van der Waals surface area contributed by atoms with Crippen molar-refractivity contribution >= 4 is 34.6 Å². The number of benzene rings is 1. The zero-order valence-corrected chi connectivity index (χ0v) is 13.2. The van der Waals surface area contributed by atoms with Crippen LogP contribution in [0.2, 0.25) is 5.02 Å². The van der Waals surface area contributed by atoms with Crippen LogP contribution in [0.15, 0.2) is 24.3 Å². The Morgan fingerprint density at radius 2 is 2.00 bits per heavy atom. The lowest BCUT2D eigenvalue weighted by Gasteiger charge is -2.37. The first kappa shape index (κ1) is 15.4. The third-order valence-corrected chi connectivity index (χ3v) is 4.06. The van der Waals surface area contributed by atoms with Gasteiger partial charge in [0.25, 0.3) is 0 Å². The smallest absolute Gasteiger partial charge is 0.169 e. The van der Waals surface area contributed by atoms with Gasteiger partial charge in [-0.3, -0.25) is 0 Å². The molecule has 0 radical (unpaired) electrons. The molecule has 20 heavy (non-hydrogen) atoms. The first-order valence-corrected chi connectivity index (χ1v) is 7.52. The Kier molecular flexibility index (Phi) is 5.88. The third-order valence-electron chi connectivity index (χ3n) is 3.34. The SMILES string of the molecule is COCCNC(=S)N1CCN(c2ccccc2Cl)CC1. The number of rotatable bonds is 4. The molecule has 2 rings (SSSR count). The van der Waals surface area contributed by atoms with Crippen molar-refractivity contribution in [2.45, 2.75) is 0 Å². The molecule has 1 aromatic rings. The second-order valence-electron chi connectivity index (χ2n) is 4.65. The van der Waals surface area contributed by atoms with Crippen LogP contribution in [0, 0.1) is 0 Å². The van der Waals surface area contributed by atoms with Crippen molar-refractivity contribution in [2.75, 3.05) is 51.3 Å². The number of nitrogens with zero attached hydrogens (tertiary/aromatic N) is 2. The largest absolute Gasteiger partial charge is 0.383 e. The molecule has 110 valence electrons. The van der Waals surface area contributed by atoms with Gasteiger partial charge in [-0.1, -0.05) is 23.7 Å². The molecule has 1 N–H and O–H groups in total. The first-order chi connectivity index (χ1) is 9.72. The van der Waals surface area contributed by atoms with Gasteiger partial charge in [0.1, 0.15) is 0 Å². The molecule has 6 heteroatoms. The molecule has 1 aliphatic heterocycles.